The molecule has 0 atom stereocenters. The van der Waals surface area contributed by atoms with Crippen molar-refractivity contribution in [3.05, 3.63) is 42.4 Å². The normalized spacial score (nSPS) is 15.4. The van der Waals surface area contributed by atoms with Crippen LogP contribution in [-0.2, 0) is 6.42 Å². The summed E-state index contributed by atoms with van der Waals surface area (Å²) < 4.78 is 16.1. The van der Waals surface area contributed by atoms with Crippen molar-refractivity contribution in [2.24, 2.45) is 4.99 Å². The molecule has 1 aromatic heterocycles. The molecule has 1 aromatic carbocycles. The number of ether oxygens (including phenoxy) is 2. The van der Waals surface area contributed by atoms with Crippen molar-refractivity contribution < 1.29 is 13.9 Å². The van der Waals surface area contributed by atoms with Crippen LogP contribution in [0.2, 0.25) is 0 Å². The van der Waals surface area contributed by atoms with E-state index < -0.39 is 0 Å². The van der Waals surface area contributed by atoms with Gasteiger partial charge in [-0.05, 0) is 25.0 Å². The van der Waals surface area contributed by atoms with Crippen LogP contribution in [-0.4, -0.2) is 52.9 Å². The SMILES string of the molecule is CN=C(NCCc1ccco1)NC1CCN(c2cc(OC)cc(OC)c2)CC1. The quantitative estimate of drug-likeness (QED) is 0.563. The number of rotatable bonds is 7. The number of aliphatic imine (C=N–C) groups is 1. The van der Waals surface area contributed by atoms with Crippen molar-refractivity contribution in [2.45, 2.75) is 25.3 Å². The van der Waals surface area contributed by atoms with Crippen LogP contribution >= 0.6 is 0 Å². The molecule has 152 valence electrons. The summed E-state index contributed by atoms with van der Waals surface area (Å²) in [6.07, 6.45) is 4.62. The van der Waals surface area contributed by atoms with Gasteiger partial charge in [-0.1, -0.05) is 0 Å². The van der Waals surface area contributed by atoms with Crippen LogP contribution in [0.1, 0.15) is 18.6 Å². The Morgan fingerprint density at radius 3 is 2.46 bits per heavy atom. The number of nitrogens with zero attached hydrogens (tertiary/aromatic N) is 2. The number of piperidine rings is 1. The smallest absolute Gasteiger partial charge is 0.191 e. The van der Waals surface area contributed by atoms with Gasteiger partial charge in [-0.15, -0.1) is 0 Å². The third kappa shape index (κ3) is 5.34. The second kappa shape index (κ2) is 9.92. The van der Waals surface area contributed by atoms with Gasteiger partial charge in [-0.3, -0.25) is 4.99 Å². The lowest BCUT2D eigenvalue weighted by Gasteiger charge is -2.34. The Morgan fingerprint density at radius 1 is 1.18 bits per heavy atom. The maximum atomic E-state index is 5.39. The summed E-state index contributed by atoms with van der Waals surface area (Å²) in [4.78, 5) is 6.71. The average Bonchev–Trinajstić information content (AvgIpc) is 3.26. The molecule has 3 rings (SSSR count). The zero-order valence-electron chi connectivity index (χ0n) is 16.9. The Balaban J connectivity index is 1.48. The highest BCUT2D eigenvalue weighted by Gasteiger charge is 2.21. The first-order valence-electron chi connectivity index (χ1n) is 9.69. The van der Waals surface area contributed by atoms with Crippen LogP contribution in [0.5, 0.6) is 11.5 Å². The van der Waals surface area contributed by atoms with Crippen molar-refractivity contribution >= 4 is 11.6 Å². The van der Waals surface area contributed by atoms with Crippen LogP contribution in [0.4, 0.5) is 5.69 Å². The van der Waals surface area contributed by atoms with E-state index in [4.69, 9.17) is 13.9 Å². The van der Waals surface area contributed by atoms with Gasteiger partial charge >= 0.3 is 0 Å². The number of furan rings is 1. The molecule has 0 radical (unpaired) electrons. The Kier molecular flexibility index (Phi) is 7.06. The van der Waals surface area contributed by atoms with Gasteiger partial charge < -0.3 is 29.4 Å². The minimum atomic E-state index is 0.401. The third-order valence-corrected chi connectivity index (χ3v) is 5.00. The van der Waals surface area contributed by atoms with E-state index in [1.807, 2.05) is 18.2 Å². The number of nitrogens with one attached hydrogen (secondary N) is 2. The van der Waals surface area contributed by atoms with E-state index >= 15 is 0 Å². The highest BCUT2D eigenvalue weighted by Crippen LogP contribution is 2.30. The van der Waals surface area contributed by atoms with Gasteiger partial charge in [0.25, 0.3) is 0 Å². The van der Waals surface area contributed by atoms with Gasteiger partial charge in [-0.25, -0.2) is 0 Å². The standard InChI is InChI=1S/C21H30N4O3/c1-22-21(23-9-6-18-5-4-12-28-18)24-16-7-10-25(11-8-16)17-13-19(26-2)15-20(14-17)27-3/h4-5,12-16H,6-11H2,1-3H3,(H2,22,23,24). The summed E-state index contributed by atoms with van der Waals surface area (Å²) in [5.74, 6) is 3.45. The van der Waals surface area contributed by atoms with E-state index in [0.29, 0.717) is 6.04 Å². The first-order chi connectivity index (χ1) is 13.7. The van der Waals surface area contributed by atoms with Crippen molar-refractivity contribution in [2.75, 3.05) is 45.8 Å². The molecule has 2 heterocycles. The Hall–Kier alpha value is -2.83. The Labute approximate surface area is 166 Å². The highest BCUT2D eigenvalue weighted by atomic mass is 16.5. The molecule has 28 heavy (non-hydrogen) atoms. The zero-order chi connectivity index (χ0) is 19.8. The molecule has 0 bridgehead atoms. The summed E-state index contributed by atoms with van der Waals surface area (Å²) in [6.45, 7) is 2.73. The van der Waals surface area contributed by atoms with Crippen molar-refractivity contribution in [3.8, 4) is 11.5 Å². The molecule has 7 heteroatoms. The van der Waals surface area contributed by atoms with Gasteiger partial charge in [0.1, 0.15) is 17.3 Å². The highest BCUT2D eigenvalue weighted by molar-refractivity contribution is 5.80. The molecule has 2 aromatic rings. The summed E-state index contributed by atoms with van der Waals surface area (Å²) in [5.41, 5.74) is 1.13. The monoisotopic (exact) mass is 386 g/mol. The molecular weight excluding hydrogens is 356 g/mol. The molecule has 0 amide bonds. The Bertz CT molecular complexity index is 731. The minimum Gasteiger partial charge on any atom is -0.497 e. The van der Waals surface area contributed by atoms with Gasteiger partial charge in [0.15, 0.2) is 5.96 Å². The molecule has 1 aliphatic heterocycles. The van der Waals surface area contributed by atoms with Crippen LogP contribution in [0.25, 0.3) is 0 Å². The summed E-state index contributed by atoms with van der Waals surface area (Å²) in [7, 11) is 5.16. The molecule has 1 saturated heterocycles. The van der Waals surface area contributed by atoms with Gasteiger partial charge in [0, 0.05) is 63.0 Å². The predicted molar refractivity (Wildman–Crippen MR) is 112 cm³/mol. The van der Waals surface area contributed by atoms with Crippen LogP contribution < -0.4 is 25.0 Å². The molecular formula is C21H30N4O3. The van der Waals surface area contributed by atoms with Gasteiger partial charge in [0.2, 0.25) is 0 Å². The number of anilines is 1. The predicted octanol–water partition coefficient (Wildman–Crippen LogP) is 2.67. The van der Waals surface area contributed by atoms with E-state index in [1.165, 1.54) is 0 Å². The second-order valence-corrected chi connectivity index (χ2v) is 6.80. The molecule has 0 unspecified atom stereocenters. The number of hydrogen-bond acceptors (Lipinski definition) is 5. The first-order valence-corrected chi connectivity index (χ1v) is 9.69. The number of benzene rings is 1. The fourth-order valence-electron chi connectivity index (χ4n) is 3.40. The molecule has 0 aliphatic carbocycles. The van der Waals surface area contributed by atoms with E-state index in [9.17, 15) is 0 Å². The molecule has 1 aliphatic rings. The lowest BCUT2D eigenvalue weighted by atomic mass is 10.0. The lowest BCUT2D eigenvalue weighted by Crippen LogP contribution is -2.49. The molecule has 7 nitrogen and oxygen atoms in total. The van der Waals surface area contributed by atoms with Crippen LogP contribution in [0, 0.1) is 0 Å². The molecule has 2 N–H and O–H groups in total. The largest absolute Gasteiger partial charge is 0.497 e. The third-order valence-electron chi connectivity index (χ3n) is 5.00. The maximum absolute atomic E-state index is 5.39. The van der Waals surface area contributed by atoms with Gasteiger partial charge in [-0.2, -0.15) is 0 Å². The first kappa shape index (κ1) is 19.9. The summed E-state index contributed by atoms with van der Waals surface area (Å²) >= 11 is 0. The fourth-order valence-corrected chi connectivity index (χ4v) is 3.40. The topological polar surface area (TPSA) is 71.3 Å². The van der Waals surface area contributed by atoms with E-state index in [-0.39, 0.29) is 0 Å². The maximum Gasteiger partial charge on any atom is 0.191 e. The fraction of sp³-hybridized carbons (Fsp3) is 0.476. The average molecular weight is 386 g/mol. The van der Waals surface area contributed by atoms with Crippen molar-refractivity contribution in [1.82, 2.24) is 10.6 Å². The second-order valence-electron chi connectivity index (χ2n) is 6.80. The lowest BCUT2D eigenvalue weighted by molar-refractivity contribution is 0.393. The molecule has 0 spiro atoms. The minimum absolute atomic E-state index is 0.401. The van der Waals surface area contributed by atoms with Crippen molar-refractivity contribution in [3.63, 3.8) is 0 Å². The van der Waals surface area contributed by atoms with Gasteiger partial charge in [0.05, 0.1) is 20.5 Å². The zero-order valence-corrected chi connectivity index (χ0v) is 16.9. The molecule has 0 saturated carbocycles. The van der Waals surface area contributed by atoms with E-state index in [1.54, 1.807) is 27.5 Å². The molecule has 1 fully saturated rings. The Morgan fingerprint density at radius 2 is 1.89 bits per heavy atom. The summed E-state index contributed by atoms with van der Waals surface area (Å²) in [6, 6.07) is 10.3. The van der Waals surface area contributed by atoms with Crippen molar-refractivity contribution in [1.29, 1.82) is 0 Å². The van der Waals surface area contributed by atoms with E-state index in [0.717, 1.165) is 67.8 Å². The number of hydrogen-bond donors (Lipinski definition) is 2. The van der Waals surface area contributed by atoms with Crippen LogP contribution in [0.15, 0.2) is 46.0 Å². The number of methoxy groups -OCH3 is 2. The summed E-state index contributed by atoms with van der Waals surface area (Å²) in [5, 5.41) is 6.90. The number of guanidine groups is 1. The van der Waals surface area contributed by atoms with Crippen LogP contribution in [0.3, 0.4) is 0 Å². The van der Waals surface area contributed by atoms with E-state index in [2.05, 4.69) is 32.7 Å².